The lowest BCUT2D eigenvalue weighted by molar-refractivity contribution is -0.384. The maximum atomic E-state index is 12.8. The van der Waals surface area contributed by atoms with Gasteiger partial charge in [-0.1, -0.05) is 30.3 Å². The Balaban J connectivity index is 1.96. The first-order valence-corrected chi connectivity index (χ1v) is 7.42. The van der Waals surface area contributed by atoms with Gasteiger partial charge >= 0.3 is 5.69 Å². The van der Waals surface area contributed by atoms with Crippen molar-refractivity contribution in [1.29, 1.82) is 0 Å². The summed E-state index contributed by atoms with van der Waals surface area (Å²) >= 11 is 0. The average molecular weight is 336 g/mol. The van der Waals surface area contributed by atoms with Crippen LogP contribution in [0.4, 0.5) is 11.5 Å². The lowest BCUT2D eigenvalue weighted by Crippen LogP contribution is -2.22. The Morgan fingerprint density at radius 3 is 2.64 bits per heavy atom. The smallest absolute Gasteiger partial charge is 0.351 e. The van der Waals surface area contributed by atoms with Gasteiger partial charge in [0.25, 0.3) is 5.69 Å². The first kappa shape index (κ1) is 14.8. The Hall–Kier alpha value is -3.75. The van der Waals surface area contributed by atoms with Crippen LogP contribution in [0, 0.1) is 10.1 Å². The highest BCUT2D eigenvalue weighted by atomic mass is 16.6. The molecule has 9 heteroatoms. The van der Waals surface area contributed by atoms with Gasteiger partial charge < -0.3 is 5.73 Å². The Bertz CT molecular complexity index is 1180. The molecule has 0 atom stereocenters. The molecule has 0 fully saturated rings. The first-order valence-electron chi connectivity index (χ1n) is 7.42. The largest absolute Gasteiger partial charge is 0.381 e. The van der Waals surface area contributed by atoms with Gasteiger partial charge in [0.1, 0.15) is 0 Å². The summed E-state index contributed by atoms with van der Waals surface area (Å²) in [6.45, 7) is 0.287. The van der Waals surface area contributed by atoms with E-state index < -0.39 is 4.92 Å². The van der Waals surface area contributed by atoms with E-state index in [1.165, 1.54) is 27.3 Å². The van der Waals surface area contributed by atoms with Gasteiger partial charge in [0.2, 0.25) is 5.65 Å². The van der Waals surface area contributed by atoms with Gasteiger partial charge in [0.05, 0.1) is 22.5 Å². The van der Waals surface area contributed by atoms with E-state index in [2.05, 4.69) is 10.1 Å². The number of fused-ring (bicyclic) bond motifs is 3. The molecule has 0 amide bonds. The zero-order valence-corrected chi connectivity index (χ0v) is 12.9. The van der Waals surface area contributed by atoms with Crippen molar-refractivity contribution < 1.29 is 4.92 Å². The summed E-state index contributed by atoms with van der Waals surface area (Å²) in [5, 5.41) is 15.2. The predicted octanol–water partition coefficient (Wildman–Crippen LogP) is 1.58. The molecule has 0 spiro atoms. The number of anilines is 1. The highest BCUT2D eigenvalue weighted by Crippen LogP contribution is 2.21. The van der Waals surface area contributed by atoms with E-state index in [-0.39, 0.29) is 34.9 Å². The summed E-state index contributed by atoms with van der Waals surface area (Å²) in [7, 11) is 0. The molecule has 25 heavy (non-hydrogen) atoms. The standard InChI is InChI=1S/C16H12N6O3/c17-14-15-19-20(9-10-4-2-1-3-5-10)16(23)21(15)13-7-6-11(22(24)25)8-12(13)18-14/h1-8H,9H2,(H2,17,18). The van der Waals surface area contributed by atoms with Crippen LogP contribution in [0.3, 0.4) is 0 Å². The number of non-ortho nitro benzene ring substituents is 1. The molecule has 2 aromatic heterocycles. The molecule has 2 heterocycles. The highest BCUT2D eigenvalue weighted by molar-refractivity contribution is 5.83. The number of rotatable bonds is 3. The average Bonchev–Trinajstić information content (AvgIpc) is 2.93. The van der Waals surface area contributed by atoms with Gasteiger partial charge in [0.15, 0.2) is 5.82 Å². The van der Waals surface area contributed by atoms with Crippen molar-refractivity contribution in [2.24, 2.45) is 0 Å². The Labute approximate surface area is 140 Å². The van der Waals surface area contributed by atoms with Crippen LogP contribution in [0.15, 0.2) is 53.3 Å². The summed E-state index contributed by atoms with van der Waals surface area (Å²) in [6.07, 6.45) is 0. The van der Waals surface area contributed by atoms with Crippen LogP contribution >= 0.6 is 0 Å². The maximum Gasteiger partial charge on any atom is 0.351 e. The monoisotopic (exact) mass is 336 g/mol. The first-order chi connectivity index (χ1) is 12.0. The van der Waals surface area contributed by atoms with Crippen molar-refractivity contribution in [2.75, 3.05) is 5.73 Å². The fourth-order valence-electron chi connectivity index (χ4n) is 2.73. The molecule has 0 radical (unpaired) electrons. The molecule has 0 unspecified atom stereocenters. The highest BCUT2D eigenvalue weighted by Gasteiger charge is 2.16. The number of nitro benzene ring substituents is 1. The molecule has 2 aromatic carbocycles. The number of nitrogen functional groups attached to an aromatic ring is 1. The zero-order chi connectivity index (χ0) is 17.6. The third-order valence-corrected chi connectivity index (χ3v) is 3.90. The van der Waals surface area contributed by atoms with Crippen molar-refractivity contribution in [3.05, 3.63) is 74.7 Å². The minimum Gasteiger partial charge on any atom is -0.381 e. The van der Waals surface area contributed by atoms with Crippen LogP contribution in [-0.4, -0.2) is 24.1 Å². The van der Waals surface area contributed by atoms with Crippen molar-refractivity contribution >= 4 is 28.2 Å². The number of nitrogens with zero attached hydrogens (tertiary/aromatic N) is 5. The lowest BCUT2D eigenvalue weighted by atomic mass is 10.2. The molecular formula is C16H12N6O3. The van der Waals surface area contributed by atoms with Crippen molar-refractivity contribution in [2.45, 2.75) is 6.54 Å². The molecule has 0 bridgehead atoms. The second-order valence-corrected chi connectivity index (χ2v) is 5.51. The Kier molecular flexibility index (Phi) is 3.21. The van der Waals surface area contributed by atoms with E-state index in [1.54, 1.807) is 0 Å². The normalized spacial score (nSPS) is 11.2. The second-order valence-electron chi connectivity index (χ2n) is 5.51. The van der Waals surface area contributed by atoms with Gasteiger partial charge in [-0.3, -0.25) is 10.1 Å². The Morgan fingerprint density at radius 2 is 1.92 bits per heavy atom. The molecule has 4 rings (SSSR count). The molecule has 0 saturated heterocycles. The number of hydrogen-bond donors (Lipinski definition) is 1. The molecule has 9 nitrogen and oxygen atoms in total. The number of benzene rings is 2. The van der Waals surface area contributed by atoms with Gasteiger partial charge in [-0.05, 0) is 11.6 Å². The molecule has 0 saturated carbocycles. The number of hydrogen-bond acceptors (Lipinski definition) is 6. The maximum absolute atomic E-state index is 12.8. The Morgan fingerprint density at radius 1 is 1.16 bits per heavy atom. The van der Waals surface area contributed by atoms with Crippen molar-refractivity contribution in [3.8, 4) is 0 Å². The molecule has 0 aliphatic heterocycles. The molecule has 4 aromatic rings. The minimum absolute atomic E-state index is 0.0388. The summed E-state index contributed by atoms with van der Waals surface area (Å²) in [6, 6.07) is 13.5. The van der Waals surface area contributed by atoms with Crippen LogP contribution in [0.5, 0.6) is 0 Å². The molecular weight excluding hydrogens is 324 g/mol. The number of nitrogens with two attached hydrogens (primary N) is 1. The fraction of sp³-hybridized carbons (Fsp3) is 0.0625. The van der Waals surface area contributed by atoms with Crippen LogP contribution in [0.2, 0.25) is 0 Å². The molecule has 0 aliphatic carbocycles. The van der Waals surface area contributed by atoms with Crippen molar-refractivity contribution in [1.82, 2.24) is 19.2 Å². The summed E-state index contributed by atoms with van der Waals surface area (Å²) < 4.78 is 2.62. The summed E-state index contributed by atoms with van der Waals surface area (Å²) in [5.41, 5.74) is 7.22. The predicted molar refractivity (Wildman–Crippen MR) is 91.4 cm³/mol. The second kappa shape index (κ2) is 5.41. The van der Waals surface area contributed by atoms with Crippen LogP contribution in [0.1, 0.15) is 5.56 Å². The van der Waals surface area contributed by atoms with Crippen molar-refractivity contribution in [3.63, 3.8) is 0 Å². The topological polar surface area (TPSA) is 121 Å². The molecule has 0 aliphatic rings. The van der Waals surface area contributed by atoms with E-state index in [0.29, 0.717) is 5.52 Å². The summed E-state index contributed by atoms with van der Waals surface area (Å²) in [5.74, 6) is 0.0388. The third-order valence-electron chi connectivity index (χ3n) is 3.90. The zero-order valence-electron chi connectivity index (χ0n) is 12.9. The lowest BCUT2D eigenvalue weighted by Gasteiger charge is -2.02. The van der Waals surface area contributed by atoms with Gasteiger partial charge in [-0.25, -0.2) is 18.9 Å². The van der Waals surface area contributed by atoms with E-state index in [0.717, 1.165) is 5.56 Å². The van der Waals surface area contributed by atoms with E-state index in [1.807, 2.05) is 30.3 Å². The van der Waals surface area contributed by atoms with Crippen LogP contribution in [0.25, 0.3) is 16.7 Å². The van der Waals surface area contributed by atoms with E-state index in [4.69, 9.17) is 5.73 Å². The minimum atomic E-state index is -0.525. The fourth-order valence-corrected chi connectivity index (χ4v) is 2.73. The summed E-state index contributed by atoms with van der Waals surface area (Å²) in [4.78, 5) is 27.3. The van der Waals surface area contributed by atoms with Crippen LogP contribution < -0.4 is 11.4 Å². The number of aromatic nitrogens is 4. The van der Waals surface area contributed by atoms with E-state index >= 15 is 0 Å². The van der Waals surface area contributed by atoms with E-state index in [9.17, 15) is 14.9 Å². The van der Waals surface area contributed by atoms with Gasteiger partial charge in [0, 0.05) is 12.1 Å². The van der Waals surface area contributed by atoms with Gasteiger partial charge in [-0.2, -0.15) is 0 Å². The molecule has 124 valence electrons. The third kappa shape index (κ3) is 2.38. The van der Waals surface area contributed by atoms with Gasteiger partial charge in [-0.15, -0.1) is 5.10 Å². The molecule has 2 N–H and O–H groups in total. The SMILES string of the molecule is Nc1nc2cc([N+](=O)[O-])ccc2n2c(=O)n(Cc3ccccc3)nc12. The van der Waals surface area contributed by atoms with Crippen LogP contribution in [-0.2, 0) is 6.54 Å². The number of nitro groups is 1. The quantitative estimate of drug-likeness (QED) is 0.448.